The summed E-state index contributed by atoms with van der Waals surface area (Å²) in [5, 5.41) is 9.37. The lowest BCUT2D eigenvalue weighted by Crippen LogP contribution is -2.54. The standard InChI is InChI=1S/C15H19NO5/c1-9(2)16-12(17)8-21-14(15(18)19)13(16)10-4-6-11(20-3)7-5-10/h4-7,9,13-14H,8H2,1-3H3,(H,18,19)/t13-,14+/m1/s1. The number of carboxylic acid groups (broad SMARTS) is 1. The molecular formula is C15H19NO5. The molecular weight excluding hydrogens is 274 g/mol. The second kappa shape index (κ2) is 6.13. The van der Waals surface area contributed by atoms with Gasteiger partial charge < -0.3 is 19.5 Å². The topological polar surface area (TPSA) is 76.1 Å². The predicted octanol–water partition coefficient (Wildman–Crippen LogP) is 1.46. The highest BCUT2D eigenvalue weighted by Gasteiger charge is 2.42. The molecule has 0 radical (unpaired) electrons. The van der Waals surface area contributed by atoms with E-state index in [1.807, 2.05) is 13.8 Å². The van der Waals surface area contributed by atoms with Crippen LogP contribution in [0, 0.1) is 0 Å². The van der Waals surface area contributed by atoms with Gasteiger partial charge in [-0.1, -0.05) is 12.1 Å². The van der Waals surface area contributed by atoms with E-state index < -0.39 is 18.1 Å². The molecule has 0 unspecified atom stereocenters. The van der Waals surface area contributed by atoms with Gasteiger partial charge in [0.25, 0.3) is 0 Å². The lowest BCUT2D eigenvalue weighted by atomic mass is 9.96. The number of carbonyl (C=O) groups excluding carboxylic acids is 1. The Morgan fingerprint density at radius 2 is 2.00 bits per heavy atom. The summed E-state index contributed by atoms with van der Waals surface area (Å²) in [6.07, 6.45) is -1.07. The molecule has 0 aromatic heterocycles. The zero-order valence-electron chi connectivity index (χ0n) is 12.3. The summed E-state index contributed by atoms with van der Waals surface area (Å²) in [7, 11) is 1.56. The van der Waals surface area contributed by atoms with Crippen LogP contribution in [0.25, 0.3) is 0 Å². The number of amides is 1. The monoisotopic (exact) mass is 293 g/mol. The van der Waals surface area contributed by atoms with Crippen LogP contribution < -0.4 is 4.74 Å². The zero-order chi connectivity index (χ0) is 15.6. The maximum absolute atomic E-state index is 12.1. The molecule has 1 amide bonds. The lowest BCUT2D eigenvalue weighted by molar-refractivity contribution is -0.175. The first kappa shape index (κ1) is 15.3. The number of aliphatic carboxylic acids is 1. The van der Waals surface area contributed by atoms with Crippen molar-refractivity contribution in [3.8, 4) is 5.75 Å². The molecule has 1 aliphatic heterocycles. The van der Waals surface area contributed by atoms with Crippen molar-refractivity contribution in [1.29, 1.82) is 0 Å². The van der Waals surface area contributed by atoms with Crippen LogP contribution in [0.5, 0.6) is 5.75 Å². The summed E-state index contributed by atoms with van der Waals surface area (Å²) < 4.78 is 10.3. The molecule has 0 spiro atoms. The average Bonchev–Trinajstić information content (AvgIpc) is 2.46. The quantitative estimate of drug-likeness (QED) is 0.909. The fourth-order valence-corrected chi connectivity index (χ4v) is 2.58. The van der Waals surface area contributed by atoms with Crippen molar-refractivity contribution in [2.24, 2.45) is 0 Å². The molecule has 6 nitrogen and oxygen atoms in total. The molecule has 1 aromatic rings. The first-order chi connectivity index (χ1) is 9.95. The van der Waals surface area contributed by atoms with Crippen molar-refractivity contribution < 1.29 is 24.2 Å². The summed E-state index contributed by atoms with van der Waals surface area (Å²) in [5.74, 6) is -0.609. The normalized spacial score (nSPS) is 22.5. The molecule has 0 aliphatic carbocycles. The highest BCUT2D eigenvalue weighted by Crippen LogP contribution is 2.33. The summed E-state index contributed by atoms with van der Waals surface area (Å²) in [6, 6.07) is 6.25. The highest BCUT2D eigenvalue weighted by molar-refractivity contribution is 5.83. The molecule has 0 bridgehead atoms. The van der Waals surface area contributed by atoms with E-state index in [0.29, 0.717) is 11.3 Å². The van der Waals surface area contributed by atoms with Crippen LogP contribution >= 0.6 is 0 Å². The summed E-state index contributed by atoms with van der Waals surface area (Å²) in [5.41, 5.74) is 0.713. The van der Waals surface area contributed by atoms with E-state index in [2.05, 4.69) is 0 Å². The van der Waals surface area contributed by atoms with Crippen molar-refractivity contribution in [3.63, 3.8) is 0 Å². The molecule has 21 heavy (non-hydrogen) atoms. The van der Waals surface area contributed by atoms with Crippen molar-refractivity contribution >= 4 is 11.9 Å². The highest BCUT2D eigenvalue weighted by atomic mass is 16.5. The van der Waals surface area contributed by atoms with Crippen LogP contribution in [-0.4, -0.2) is 47.7 Å². The van der Waals surface area contributed by atoms with E-state index in [4.69, 9.17) is 9.47 Å². The second-order valence-corrected chi connectivity index (χ2v) is 5.18. The molecule has 6 heteroatoms. The van der Waals surface area contributed by atoms with Crippen molar-refractivity contribution in [2.45, 2.75) is 32.0 Å². The first-order valence-electron chi connectivity index (χ1n) is 6.75. The van der Waals surface area contributed by atoms with Gasteiger partial charge in [-0.05, 0) is 31.5 Å². The Hall–Kier alpha value is -2.08. The lowest BCUT2D eigenvalue weighted by Gasteiger charge is -2.41. The Labute approximate surface area is 123 Å². The zero-order valence-corrected chi connectivity index (χ0v) is 12.3. The summed E-state index contributed by atoms with van der Waals surface area (Å²) in [6.45, 7) is 3.51. The Morgan fingerprint density at radius 3 is 2.48 bits per heavy atom. The number of methoxy groups -OCH3 is 1. The van der Waals surface area contributed by atoms with Crippen molar-refractivity contribution in [2.75, 3.05) is 13.7 Å². The number of ether oxygens (including phenoxy) is 2. The maximum atomic E-state index is 12.1. The van der Waals surface area contributed by atoms with Crippen LogP contribution in [0.1, 0.15) is 25.5 Å². The molecule has 1 saturated heterocycles. The molecule has 1 heterocycles. The van der Waals surface area contributed by atoms with E-state index in [9.17, 15) is 14.7 Å². The Morgan fingerprint density at radius 1 is 1.38 bits per heavy atom. The predicted molar refractivity (Wildman–Crippen MR) is 75.1 cm³/mol. The minimum absolute atomic E-state index is 0.115. The molecule has 2 rings (SSSR count). The van der Waals surface area contributed by atoms with E-state index >= 15 is 0 Å². The number of carboxylic acids is 1. The number of rotatable bonds is 4. The van der Waals surface area contributed by atoms with E-state index in [1.54, 1.807) is 36.3 Å². The fourth-order valence-electron chi connectivity index (χ4n) is 2.58. The largest absolute Gasteiger partial charge is 0.497 e. The van der Waals surface area contributed by atoms with Crippen LogP contribution in [0.3, 0.4) is 0 Å². The van der Waals surface area contributed by atoms with Gasteiger partial charge in [0.1, 0.15) is 12.4 Å². The van der Waals surface area contributed by atoms with Gasteiger partial charge in [0, 0.05) is 6.04 Å². The molecule has 2 atom stereocenters. The van der Waals surface area contributed by atoms with Gasteiger partial charge in [0.2, 0.25) is 5.91 Å². The Bertz CT molecular complexity index is 525. The second-order valence-electron chi connectivity index (χ2n) is 5.18. The SMILES string of the molecule is COc1ccc([C@@H]2[C@@H](C(=O)O)OCC(=O)N2C(C)C)cc1. The van der Waals surface area contributed by atoms with Crippen molar-refractivity contribution in [3.05, 3.63) is 29.8 Å². The third-order valence-electron chi connectivity index (χ3n) is 3.52. The summed E-state index contributed by atoms with van der Waals surface area (Å²) in [4.78, 5) is 25.1. The van der Waals surface area contributed by atoms with Gasteiger partial charge in [-0.3, -0.25) is 4.79 Å². The van der Waals surface area contributed by atoms with Crippen LogP contribution in [0.15, 0.2) is 24.3 Å². The molecule has 1 aliphatic rings. The Kier molecular flexibility index (Phi) is 4.47. The average molecular weight is 293 g/mol. The third-order valence-corrected chi connectivity index (χ3v) is 3.52. The smallest absolute Gasteiger partial charge is 0.335 e. The molecule has 1 N–H and O–H groups in total. The van der Waals surface area contributed by atoms with Crippen LogP contribution in [0.2, 0.25) is 0 Å². The number of nitrogens with zero attached hydrogens (tertiary/aromatic N) is 1. The van der Waals surface area contributed by atoms with Gasteiger partial charge in [-0.2, -0.15) is 0 Å². The van der Waals surface area contributed by atoms with Crippen molar-refractivity contribution in [1.82, 2.24) is 4.90 Å². The maximum Gasteiger partial charge on any atom is 0.335 e. The first-order valence-corrected chi connectivity index (χ1v) is 6.75. The van der Waals surface area contributed by atoms with Gasteiger partial charge in [-0.25, -0.2) is 4.79 Å². The van der Waals surface area contributed by atoms with E-state index in [0.717, 1.165) is 0 Å². The van der Waals surface area contributed by atoms with Crippen LogP contribution in [-0.2, 0) is 14.3 Å². The number of carbonyl (C=O) groups is 2. The number of benzene rings is 1. The number of hydrogen-bond donors (Lipinski definition) is 1. The minimum Gasteiger partial charge on any atom is -0.497 e. The molecule has 1 fully saturated rings. The van der Waals surface area contributed by atoms with Gasteiger partial charge in [0.05, 0.1) is 13.2 Å². The number of morpholine rings is 1. The van der Waals surface area contributed by atoms with E-state index in [1.165, 1.54) is 0 Å². The van der Waals surface area contributed by atoms with Gasteiger partial charge in [-0.15, -0.1) is 0 Å². The molecule has 0 saturated carbocycles. The van der Waals surface area contributed by atoms with Gasteiger partial charge in [0.15, 0.2) is 6.10 Å². The van der Waals surface area contributed by atoms with Gasteiger partial charge >= 0.3 is 5.97 Å². The van der Waals surface area contributed by atoms with E-state index in [-0.39, 0.29) is 18.6 Å². The Balaban J connectivity index is 2.43. The molecule has 114 valence electrons. The summed E-state index contributed by atoms with van der Waals surface area (Å²) >= 11 is 0. The number of hydrogen-bond acceptors (Lipinski definition) is 4. The third kappa shape index (κ3) is 3.00. The molecule has 1 aromatic carbocycles. The fraction of sp³-hybridized carbons (Fsp3) is 0.467. The van der Waals surface area contributed by atoms with Crippen LogP contribution in [0.4, 0.5) is 0 Å². The minimum atomic E-state index is -1.08.